The largest absolute Gasteiger partial charge is 0.462 e. The van der Waals surface area contributed by atoms with Crippen molar-refractivity contribution >= 4 is 5.97 Å². The van der Waals surface area contributed by atoms with Crippen LogP contribution in [0, 0.1) is 11.7 Å². The Bertz CT molecular complexity index is 497. The molecule has 2 nitrogen and oxygen atoms in total. The second kappa shape index (κ2) is 8.15. The monoisotopic (exact) mass is 320 g/mol. The van der Waals surface area contributed by atoms with Crippen LogP contribution in [0.2, 0.25) is 0 Å². The van der Waals surface area contributed by atoms with Crippen molar-refractivity contribution in [2.24, 2.45) is 5.92 Å². The van der Waals surface area contributed by atoms with E-state index in [4.69, 9.17) is 4.74 Å². The van der Waals surface area contributed by atoms with Crippen LogP contribution in [0.4, 0.5) is 17.6 Å². The minimum absolute atomic E-state index is 0.0448. The molecule has 0 heterocycles. The van der Waals surface area contributed by atoms with E-state index in [0.717, 1.165) is 25.7 Å². The van der Waals surface area contributed by atoms with Crippen molar-refractivity contribution in [3.8, 4) is 0 Å². The maximum absolute atomic E-state index is 13.2. The smallest absolute Gasteiger partial charge is 0.417 e. The van der Waals surface area contributed by atoms with Crippen molar-refractivity contribution in [2.75, 3.05) is 6.61 Å². The van der Waals surface area contributed by atoms with E-state index in [1.807, 2.05) is 13.8 Å². The zero-order chi connectivity index (χ0) is 16.8. The van der Waals surface area contributed by atoms with Gasteiger partial charge in [-0.25, -0.2) is 9.18 Å². The first-order chi connectivity index (χ1) is 10.3. The van der Waals surface area contributed by atoms with Crippen molar-refractivity contribution in [2.45, 2.75) is 45.7 Å². The van der Waals surface area contributed by atoms with E-state index >= 15 is 0 Å². The SMILES string of the molecule is CCCCC(CC)COC(=O)c1cc(F)ccc1C(F)(F)F. The predicted molar refractivity (Wildman–Crippen MR) is 75.0 cm³/mol. The molecule has 0 saturated heterocycles. The predicted octanol–water partition coefficient (Wildman–Crippen LogP) is 5.22. The summed E-state index contributed by atoms with van der Waals surface area (Å²) >= 11 is 0. The van der Waals surface area contributed by atoms with Crippen LogP contribution in [-0.4, -0.2) is 12.6 Å². The van der Waals surface area contributed by atoms with Crippen molar-refractivity contribution in [3.05, 3.63) is 35.1 Å². The number of rotatable bonds is 7. The van der Waals surface area contributed by atoms with Gasteiger partial charge in [-0.15, -0.1) is 0 Å². The van der Waals surface area contributed by atoms with Crippen LogP contribution < -0.4 is 0 Å². The van der Waals surface area contributed by atoms with Crippen LogP contribution in [-0.2, 0) is 10.9 Å². The minimum atomic E-state index is -4.73. The zero-order valence-corrected chi connectivity index (χ0v) is 12.7. The molecule has 0 aliphatic rings. The lowest BCUT2D eigenvalue weighted by Gasteiger charge is -2.16. The molecule has 0 amide bonds. The van der Waals surface area contributed by atoms with Crippen LogP contribution in [0.1, 0.15) is 55.5 Å². The van der Waals surface area contributed by atoms with Crippen LogP contribution in [0.3, 0.4) is 0 Å². The summed E-state index contributed by atoms with van der Waals surface area (Å²) < 4.78 is 56.6. The molecular formula is C16H20F4O2. The van der Waals surface area contributed by atoms with Gasteiger partial charge in [0.05, 0.1) is 17.7 Å². The summed E-state index contributed by atoms with van der Waals surface area (Å²) in [7, 11) is 0. The molecule has 0 radical (unpaired) electrons. The molecule has 0 N–H and O–H groups in total. The first kappa shape index (κ1) is 18.5. The molecule has 0 aliphatic carbocycles. The van der Waals surface area contributed by atoms with Gasteiger partial charge in [0.2, 0.25) is 0 Å². The fourth-order valence-electron chi connectivity index (χ4n) is 2.10. The van der Waals surface area contributed by atoms with E-state index in [9.17, 15) is 22.4 Å². The highest BCUT2D eigenvalue weighted by molar-refractivity contribution is 5.91. The number of hydrogen-bond donors (Lipinski definition) is 0. The Morgan fingerprint density at radius 3 is 2.50 bits per heavy atom. The summed E-state index contributed by atoms with van der Waals surface area (Å²) in [5, 5.41) is 0. The Morgan fingerprint density at radius 2 is 1.95 bits per heavy atom. The van der Waals surface area contributed by atoms with Gasteiger partial charge in [0, 0.05) is 0 Å². The summed E-state index contributed by atoms with van der Waals surface area (Å²) in [6, 6.07) is 1.80. The second-order valence-electron chi connectivity index (χ2n) is 5.20. The number of unbranched alkanes of at least 4 members (excludes halogenated alkanes) is 1. The number of ether oxygens (including phenoxy) is 1. The maximum atomic E-state index is 13.2. The number of benzene rings is 1. The third-order valence-electron chi connectivity index (χ3n) is 3.50. The van der Waals surface area contributed by atoms with Gasteiger partial charge in [-0.1, -0.05) is 33.1 Å². The van der Waals surface area contributed by atoms with Gasteiger partial charge in [0.1, 0.15) is 5.82 Å². The van der Waals surface area contributed by atoms with Crippen molar-refractivity contribution in [1.82, 2.24) is 0 Å². The normalized spacial score (nSPS) is 13.0. The molecule has 1 atom stereocenters. The van der Waals surface area contributed by atoms with Gasteiger partial charge in [-0.2, -0.15) is 13.2 Å². The number of halogens is 4. The third kappa shape index (κ3) is 5.31. The molecule has 1 aromatic rings. The van der Waals surface area contributed by atoms with Crippen molar-refractivity contribution in [1.29, 1.82) is 0 Å². The Balaban J connectivity index is 2.83. The van der Waals surface area contributed by atoms with E-state index in [1.165, 1.54) is 0 Å². The molecule has 1 aromatic carbocycles. The molecule has 0 bridgehead atoms. The van der Waals surface area contributed by atoms with Gasteiger partial charge >= 0.3 is 12.1 Å². The fourth-order valence-corrected chi connectivity index (χ4v) is 2.10. The standard InChI is InChI=1S/C16H20F4O2/c1-3-5-6-11(4-2)10-22-15(21)13-9-12(17)7-8-14(13)16(18,19)20/h7-9,11H,3-6,10H2,1-2H3. The molecule has 0 fully saturated rings. The Kier molecular flexibility index (Phi) is 6.84. The van der Waals surface area contributed by atoms with Gasteiger partial charge in [-0.05, 0) is 30.5 Å². The quantitative estimate of drug-likeness (QED) is 0.509. The summed E-state index contributed by atoms with van der Waals surface area (Å²) in [6.07, 6.45) is -1.16. The molecule has 6 heteroatoms. The Labute approximate surface area is 127 Å². The van der Waals surface area contributed by atoms with Gasteiger partial charge in [0.25, 0.3) is 0 Å². The lowest BCUT2D eigenvalue weighted by atomic mass is 10.0. The van der Waals surface area contributed by atoms with Crippen LogP contribution in [0.25, 0.3) is 0 Å². The van der Waals surface area contributed by atoms with Crippen LogP contribution in [0.15, 0.2) is 18.2 Å². The fraction of sp³-hybridized carbons (Fsp3) is 0.562. The highest BCUT2D eigenvalue weighted by atomic mass is 19.4. The minimum Gasteiger partial charge on any atom is -0.462 e. The average Bonchev–Trinajstić information content (AvgIpc) is 2.45. The third-order valence-corrected chi connectivity index (χ3v) is 3.50. The molecule has 0 spiro atoms. The lowest BCUT2D eigenvalue weighted by molar-refractivity contribution is -0.138. The van der Waals surface area contributed by atoms with Crippen LogP contribution in [0.5, 0.6) is 0 Å². The van der Waals surface area contributed by atoms with Crippen LogP contribution >= 0.6 is 0 Å². The summed E-state index contributed by atoms with van der Waals surface area (Å²) in [4.78, 5) is 11.9. The summed E-state index contributed by atoms with van der Waals surface area (Å²) in [5.74, 6) is -1.94. The molecular weight excluding hydrogens is 300 g/mol. The Hall–Kier alpha value is -1.59. The number of hydrogen-bond acceptors (Lipinski definition) is 2. The maximum Gasteiger partial charge on any atom is 0.417 e. The molecule has 1 rings (SSSR count). The number of carbonyl (C=O) groups is 1. The molecule has 22 heavy (non-hydrogen) atoms. The number of carbonyl (C=O) groups excluding carboxylic acids is 1. The summed E-state index contributed by atoms with van der Waals surface area (Å²) in [6.45, 7) is 4.00. The Morgan fingerprint density at radius 1 is 1.27 bits per heavy atom. The molecule has 0 aliphatic heterocycles. The highest BCUT2D eigenvalue weighted by Gasteiger charge is 2.36. The highest BCUT2D eigenvalue weighted by Crippen LogP contribution is 2.32. The lowest BCUT2D eigenvalue weighted by Crippen LogP contribution is -2.18. The van der Waals surface area contributed by atoms with E-state index in [0.29, 0.717) is 18.2 Å². The summed E-state index contributed by atoms with van der Waals surface area (Å²) in [5.41, 5.74) is -1.96. The zero-order valence-electron chi connectivity index (χ0n) is 12.7. The van der Waals surface area contributed by atoms with E-state index < -0.39 is 29.1 Å². The number of alkyl halides is 3. The van der Waals surface area contributed by atoms with Crippen molar-refractivity contribution in [3.63, 3.8) is 0 Å². The van der Waals surface area contributed by atoms with E-state index in [1.54, 1.807) is 0 Å². The first-order valence-corrected chi connectivity index (χ1v) is 7.33. The van der Waals surface area contributed by atoms with Gasteiger partial charge in [0.15, 0.2) is 0 Å². The van der Waals surface area contributed by atoms with Gasteiger partial charge in [-0.3, -0.25) is 0 Å². The van der Waals surface area contributed by atoms with Gasteiger partial charge < -0.3 is 4.74 Å². The first-order valence-electron chi connectivity index (χ1n) is 7.33. The molecule has 0 aromatic heterocycles. The second-order valence-corrected chi connectivity index (χ2v) is 5.20. The van der Waals surface area contributed by atoms with E-state index in [2.05, 4.69) is 0 Å². The molecule has 0 saturated carbocycles. The average molecular weight is 320 g/mol. The molecule has 124 valence electrons. The molecule has 1 unspecified atom stereocenters. The van der Waals surface area contributed by atoms with Crippen molar-refractivity contribution < 1.29 is 27.1 Å². The topological polar surface area (TPSA) is 26.3 Å². The number of esters is 1. The van der Waals surface area contributed by atoms with E-state index in [-0.39, 0.29) is 12.5 Å².